The van der Waals surface area contributed by atoms with Gasteiger partial charge in [0.2, 0.25) is 5.91 Å². The van der Waals surface area contributed by atoms with E-state index in [0.29, 0.717) is 5.70 Å². The Morgan fingerprint density at radius 3 is 2.61 bits per heavy atom. The molecule has 36 heavy (non-hydrogen) atoms. The summed E-state index contributed by atoms with van der Waals surface area (Å²) in [5.74, 6) is -0.319. The molecule has 0 spiro atoms. The molecule has 0 heterocycles. The summed E-state index contributed by atoms with van der Waals surface area (Å²) < 4.78 is 5.67. The van der Waals surface area contributed by atoms with E-state index in [9.17, 15) is 4.79 Å². The summed E-state index contributed by atoms with van der Waals surface area (Å²) in [4.78, 5) is 13.5. The summed E-state index contributed by atoms with van der Waals surface area (Å²) in [7, 11) is 0. The summed E-state index contributed by atoms with van der Waals surface area (Å²) in [5.41, 5.74) is 11.3. The Morgan fingerprint density at radius 1 is 1.17 bits per heavy atom. The van der Waals surface area contributed by atoms with Crippen LogP contribution in [0.2, 0.25) is 0 Å². The van der Waals surface area contributed by atoms with E-state index in [1.807, 2.05) is 81.5 Å². The molecule has 4 heteroatoms. The molecule has 3 N–H and O–H groups in total. The first-order valence-electron chi connectivity index (χ1n) is 12.2. The first-order valence-corrected chi connectivity index (χ1v) is 12.2. The normalized spacial score (nSPS) is 14.8. The van der Waals surface area contributed by atoms with Crippen molar-refractivity contribution in [3.63, 3.8) is 0 Å². The Labute approximate surface area is 215 Å². The standard InChI is InChI=1S/C32H36N2O2/c1-6-14-25(15-7-2)30(26-17-9-8-10-18-26)32(4,5)31(35)34-23(3)36-22-29(33)28-21-13-19-24-16-11-12-20-27(24)28/h6-10,12-15,17-22,30H,1,3,11,16,33H2,2,4-5H3,(H,34,35)/b15-7-,25-14+,29-22-. The maximum atomic E-state index is 13.5. The predicted octanol–water partition coefficient (Wildman–Crippen LogP) is 7.01. The SMILES string of the molecule is C=C/C=C(\C=C/C)C(c1ccccc1)C(C)(C)C(=O)NC(=C)O/C=C(\N)c1cccc2c1C=CCC2. The minimum Gasteiger partial charge on any atom is -0.447 e. The fourth-order valence-corrected chi connectivity index (χ4v) is 4.61. The van der Waals surface area contributed by atoms with Crippen LogP contribution in [-0.2, 0) is 16.0 Å². The van der Waals surface area contributed by atoms with Crippen molar-refractivity contribution >= 4 is 17.7 Å². The highest BCUT2D eigenvalue weighted by Gasteiger charge is 2.39. The number of fused-ring (bicyclic) bond motifs is 1. The highest BCUT2D eigenvalue weighted by Crippen LogP contribution is 2.42. The number of hydrogen-bond acceptors (Lipinski definition) is 3. The second kappa shape index (κ2) is 12.1. The molecule has 0 radical (unpaired) electrons. The van der Waals surface area contributed by atoms with Crippen molar-refractivity contribution in [3.05, 3.63) is 132 Å². The van der Waals surface area contributed by atoms with Gasteiger partial charge in [0, 0.05) is 11.5 Å². The third-order valence-corrected chi connectivity index (χ3v) is 6.40. The van der Waals surface area contributed by atoms with E-state index in [-0.39, 0.29) is 17.7 Å². The zero-order valence-corrected chi connectivity index (χ0v) is 21.5. The van der Waals surface area contributed by atoms with Crippen molar-refractivity contribution in [2.45, 2.75) is 39.5 Å². The van der Waals surface area contributed by atoms with Crippen LogP contribution in [0.1, 0.15) is 55.4 Å². The summed E-state index contributed by atoms with van der Waals surface area (Å²) in [6, 6.07) is 16.1. The van der Waals surface area contributed by atoms with Gasteiger partial charge in [0.25, 0.3) is 0 Å². The molecule has 1 unspecified atom stereocenters. The average molecular weight is 481 g/mol. The Bertz CT molecular complexity index is 1230. The molecule has 1 amide bonds. The molecule has 186 valence electrons. The number of ether oxygens (including phenoxy) is 1. The van der Waals surface area contributed by atoms with Gasteiger partial charge in [0.15, 0.2) is 5.88 Å². The molecular formula is C32H36N2O2. The molecule has 4 nitrogen and oxygen atoms in total. The summed E-state index contributed by atoms with van der Waals surface area (Å²) in [6.45, 7) is 13.5. The largest absolute Gasteiger partial charge is 0.447 e. The van der Waals surface area contributed by atoms with Gasteiger partial charge in [-0.1, -0.05) is 105 Å². The number of allylic oxidation sites excluding steroid dienone is 6. The van der Waals surface area contributed by atoms with E-state index >= 15 is 0 Å². The zero-order valence-electron chi connectivity index (χ0n) is 21.5. The van der Waals surface area contributed by atoms with E-state index in [4.69, 9.17) is 10.5 Å². The molecule has 0 aromatic heterocycles. The van der Waals surface area contributed by atoms with Crippen LogP contribution >= 0.6 is 0 Å². The van der Waals surface area contributed by atoms with Gasteiger partial charge in [-0.05, 0) is 48.6 Å². The highest BCUT2D eigenvalue weighted by atomic mass is 16.5. The number of hydrogen-bond donors (Lipinski definition) is 2. The van der Waals surface area contributed by atoms with Crippen LogP contribution in [0.3, 0.4) is 0 Å². The maximum Gasteiger partial charge on any atom is 0.233 e. The fourth-order valence-electron chi connectivity index (χ4n) is 4.61. The lowest BCUT2D eigenvalue weighted by Gasteiger charge is -2.34. The number of amides is 1. The minimum absolute atomic E-state index is 0.114. The van der Waals surface area contributed by atoms with Gasteiger partial charge in [-0.15, -0.1) is 0 Å². The van der Waals surface area contributed by atoms with Crippen LogP contribution in [-0.4, -0.2) is 5.91 Å². The first kappa shape index (κ1) is 26.6. The second-order valence-electron chi connectivity index (χ2n) is 9.36. The predicted molar refractivity (Wildman–Crippen MR) is 150 cm³/mol. The molecule has 1 aliphatic rings. The van der Waals surface area contributed by atoms with E-state index in [1.54, 1.807) is 6.08 Å². The van der Waals surface area contributed by atoms with Crippen molar-refractivity contribution in [1.29, 1.82) is 0 Å². The molecule has 3 rings (SSSR count). The Morgan fingerprint density at radius 2 is 1.92 bits per heavy atom. The summed E-state index contributed by atoms with van der Waals surface area (Å²) in [6.07, 6.45) is 15.4. The van der Waals surface area contributed by atoms with Gasteiger partial charge >= 0.3 is 0 Å². The lowest BCUT2D eigenvalue weighted by molar-refractivity contribution is -0.130. The van der Waals surface area contributed by atoms with E-state index in [1.165, 1.54) is 11.8 Å². The fraction of sp³-hybridized carbons (Fsp3) is 0.219. The van der Waals surface area contributed by atoms with Crippen LogP contribution < -0.4 is 11.1 Å². The van der Waals surface area contributed by atoms with E-state index < -0.39 is 5.41 Å². The van der Waals surface area contributed by atoms with Crippen molar-refractivity contribution < 1.29 is 9.53 Å². The van der Waals surface area contributed by atoms with Crippen LogP contribution in [0.25, 0.3) is 11.8 Å². The topological polar surface area (TPSA) is 64.3 Å². The number of rotatable bonds is 10. The maximum absolute atomic E-state index is 13.5. The van der Waals surface area contributed by atoms with Crippen molar-refractivity contribution in [2.24, 2.45) is 11.1 Å². The zero-order chi connectivity index (χ0) is 26.1. The molecule has 1 aliphatic carbocycles. The molecule has 0 bridgehead atoms. The Balaban J connectivity index is 1.80. The average Bonchev–Trinajstić information content (AvgIpc) is 2.87. The van der Waals surface area contributed by atoms with Gasteiger partial charge in [-0.2, -0.15) is 0 Å². The number of nitrogens with two attached hydrogens (primary N) is 1. The second-order valence-corrected chi connectivity index (χ2v) is 9.36. The van der Waals surface area contributed by atoms with Gasteiger partial charge in [0.1, 0.15) is 6.26 Å². The number of carbonyl (C=O) groups is 1. The van der Waals surface area contributed by atoms with Gasteiger partial charge in [-0.25, -0.2) is 0 Å². The van der Waals surface area contributed by atoms with Gasteiger partial charge < -0.3 is 10.5 Å². The molecule has 2 aromatic rings. The minimum atomic E-state index is -0.833. The van der Waals surface area contributed by atoms with E-state index in [0.717, 1.165) is 35.1 Å². The van der Waals surface area contributed by atoms with Gasteiger partial charge in [0.05, 0.1) is 11.1 Å². The highest BCUT2D eigenvalue weighted by molar-refractivity contribution is 5.85. The Kier molecular flexibility index (Phi) is 8.91. The molecule has 0 aliphatic heterocycles. The van der Waals surface area contributed by atoms with Crippen molar-refractivity contribution in [3.8, 4) is 0 Å². The molecule has 0 saturated heterocycles. The van der Waals surface area contributed by atoms with Crippen molar-refractivity contribution in [2.75, 3.05) is 0 Å². The first-order chi connectivity index (χ1) is 17.3. The number of benzene rings is 2. The lowest BCUT2D eigenvalue weighted by atomic mass is 9.70. The monoisotopic (exact) mass is 480 g/mol. The molecular weight excluding hydrogens is 444 g/mol. The molecule has 0 fully saturated rings. The number of aryl methyl sites for hydroxylation is 1. The number of nitrogens with one attached hydrogen (secondary N) is 1. The number of carbonyl (C=O) groups excluding carboxylic acids is 1. The van der Waals surface area contributed by atoms with E-state index in [2.05, 4.69) is 36.7 Å². The van der Waals surface area contributed by atoms with Crippen LogP contribution in [0, 0.1) is 5.41 Å². The molecule has 0 saturated carbocycles. The third kappa shape index (κ3) is 6.14. The van der Waals surface area contributed by atoms with Gasteiger partial charge in [-0.3, -0.25) is 10.1 Å². The van der Waals surface area contributed by atoms with Crippen LogP contribution in [0.15, 0.2) is 110 Å². The van der Waals surface area contributed by atoms with Crippen LogP contribution in [0.5, 0.6) is 0 Å². The summed E-state index contributed by atoms with van der Waals surface area (Å²) >= 11 is 0. The van der Waals surface area contributed by atoms with Crippen molar-refractivity contribution in [1.82, 2.24) is 5.32 Å². The lowest BCUT2D eigenvalue weighted by Crippen LogP contribution is -2.41. The molecule has 2 aromatic carbocycles. The smallest absolute Gasteiger partial charge is 0.233 e. The molecule has 1 atom stereocenters. The van der Waals surface area contributed by atoms with Crippen LogP contribution in [0.4, 0.5) is 0 Å². The summed E-state index contributed by atoms with van der Waals surface area (Å²) in [5, 5.41) is 2.83. The quantitative estimate of drug-likeness (QED) is 0.284. The Hall–Kier alpha value is -4.05. The third-order valence-electron chi connectivity index (χ3n) is 6.40.